The fourth-order valence-electron chi connectivity index (χ4n) is 3.40. The van der Waals surface area contributed by atoms with Gasteiger partial charge in [0.15, 0.2) is 0 Å². The maximum absolute atomic E-state index is 12.5. The van der Waals surface area contributed by atoms with Gasteiger partial charge >= 0.3 is 0 Å². The number of hydrogen-bond donors (Lipinski definition) is 1. The van der Waals surface area contributed by atoms with Crippen molar-refractivity contribution >= 4 is 23.6 Å². The number of fused-ring (bicyclic) bond motifs is 1. The maximum atomic E-state index is 12.5. The Morgan fingerprint density at radius 1 is 1.19 bits per heavy atom. The normalized spacial score (nSPS) is 18.2. The molecule has 0 saturated carbocycles. The minimum Gasteiger partial charge on any atom is -0.487 e. The van der Waals surface area contributed by atoms with Crippen molar-refractivity contribution in [3.8, 4) is 5.75 Å². The van der Waals surface area contributed by atoms with Crippen LogP contribution < -0.4 is 10.1 Å². The fourth-order valence-corrected chi connectivity index (χ4v) is 3.52. The van der Waals surface area contributed by atoms with Crippen molar-refractivity contribution in [1.82, 2.24) is 5.32 Å². The highest BCUT2D eigenvalue weighted by Crippen LogP contribution is 2.42. The molecule has 136 valence electrons. The Labute approximate surface area is 160 Å². The number of nitrogens with one attached hydrogen (secondary N) is 1. The first kappa shape index (κ1) is 18.5. The number of ether oxygens (including phenoxy) is 1. The van der Waals surface area contributed by atoms with Crippen LogP contribution in [0.2, 0.25) is 5.02 Å². The molecule has 1 heterocycles. The van der Waals surface area contributed by atoms with E-state index in [-0.39, 0.29) is 17.6 Å². The summed E-state index contributed by atoms with van der Waals surface area (Å²) in [5.41, 5.74) is 1.75. The van der Waals surface area contributed by atoms with E-state index in [2.05, 4.69) is 19.2 Å². The fraction of sp³-hybridized carbons (Fsp3) is 0.318. The molecule has 1 aliphatic heterocycles. The van der Waals surface area contributed by atoms with Gasteiger partial charge in [0.1, 0.15) is 11.4 Å². The quantitative estimate of drug-likeness (QED) is 0.701. The number of carbonyl (C=O) groups excluding carboxylic acids is 1. The van der Waals surface area contributed by atoms with E-state index in [0.717, 1.165) is 36.1 Å². The molecule has 26 heavy (non-hydrogen) atoms. The molecule has 0 radical (unpaired) electrons. The topological polar surface area (TPSA) is 38.3 Å². The predicted molar refractivity (Wildman–Crippen MR) is 106 cm³/mol. The second-order valence-corrected chi connectivity index (χ2v) is 7.12. The van der Waals surface area contributed by atoms with E-state index in [0.29, 0.717) is 5.02 Å². The van der Waals surface area contributed by atoms with Crippen LogP contribution in [0.4, 0.5) is 0 Å². The largest absolute Gasteiger partial charge is 0.487 e. The molecule has 1 aliphatic rings. The third-order valence-corrected chi connectivity index (χ3v) is 5.35. The monoisotopic (exact) mass is 369 g/mol. The molecule has 0 spiro atoms. The van der Waals surface area contributed by atoms with Gasteiger partial charge in [-0.05, 0) is 42.7 Å². The van der Waals surface area contributed by atoms with Gasteiger partial charge in [0.25, 0.3) is 0 Å². The molecule has 0 aromatic heterocycles. The number of halogens is 1. The van der Waals surface area contributed by atoms with E-state index < -0.39 is 0 Å². The molecule has 3 rings (SSSR count). The average Bonchev–Trinajstić information content (AvgIpc) is 2.67. The standard InChI is InChI=1S/C22H24ClNO2/c1-3-22(4-2)15-19(18-7-5-6-8-20(18)26-22)24-21(25)14-11-16-9-12-17(23)13-10-16/h5-14,19H,3-4,15H2,1-2H3,(H,24,25)/b14-11+/t19-/m0/s1. The van der Waals surface area contributed by atoms with Crippen molar-refractivity contribution in [3.05, 3.63) is 70.8 Å². The van der Waals surface area contributed by atoms with Crippen LogP contribution in [0.5, 0.6) is 5.75 Å². The summed E-state index contributed by atoms with van der Waals surface area (Å²) in [6.07, 6.45) is 5.96. The summed E-state index contributed by atoms with van der Waals surface area (Å²) in [7, 11) is 0. The molecule has 1 amide bonds. The molecule has 4 heteroatoms. The third kappa shape index (κ3) is 4.10. The number of rotatable bonds is 5. The summed E-state index contributed by atoms with van der Waals surface area (Å²) in [4.78, 5) is 12.5. The van der Waals surface area contributed by atoms with Gasteiger partial charge in [-0.3, -0.25) is 4.79 Å². The lowest BCUT2D eigenvalue weighted by molar-refractivity contribution is -0.117. The molecule has 2 aromatic carbocycles. The van der Waals surface area contributed by atoms with Crippen molar-refractivity contribution in [2.75, 3.05) is 0 Å². The van der Waals surface area contributed by atoms with Crippen LogP contribution in [0, 0.1) is 0 Å². The van der Waals surface area contributed by atoms with Crippen LogP contribution in [0.1, 0.15) is 50.3 Å². The zero-order valence-electron chi connectivity index (χ0n) is 15.2. The Balaban J connectivity index is 1.77. The number of para-hydroxylation sites is 1. The summed E-state index contributed by atoms with van der Waals surface area (Å²) >= 11 is 5.89. The summed E-state index contributed by atoms with van der Waals surface area (Å²) in [5, 5.41) is 3.83. The van der Waals surface area contributed by atoms with Gasteiger partial charge < -0.3 is 10.1 Å². The Morgan fingerprint density at radius 3 is 2.58 bits per heavy atom. The van der Waals surface area contributed by atoms with Crippen molar-refractivity contribution in [1.29, 1.82) is 0 Å². The van der Waals surface area contributed by atoms with Gasteiger partial charge in [0, 0.05) is 23.1 Å². The van der Waals surface area contributed by atoms with Crippen molar-refractivity contribution in [2.24, 2.45) is 0 Å². The van der Waals surface area contributed by atoms with Crippen LogP contribution >= 0.6 is 11.6 Å². The summed E-state index contributed by atoms with van der Waals surface area (Å²) in [5.74, 6) is 0.761. The smallest absolute Gasteiger partial charge is 0.244 e. The Bertz CT molecular complexity index is 794. The van der Waals surface area contributed by atoms with Crippen molar-refractivity contribution in [2.45, 2.75) is 44.8 Å². The van der Waals surface area contributed by atoms with E-state index in [4.69, 9.17) is 16.3 Å². The minimum atomic E-state index is -0.230. The van der Waals surface area contributed by atoms with E-state index in [1.54, 1.807) is 12.2 Å². The van der Waals surface area contributed by atoms with Gasteiger partial charge in [-0.1, -0.05) is 55.8 Å². The van der Waals surface area contributed by atoms with Gasteiger partial charge in [0.2, 0.25) is 5.91 Å². The first-order valence-corrected chi connectivity index (χ1v) is 9.45. The van der Waals surface area contributed by atoms with Crippen LogP contribution in [-0.4, -0.2) is 11.5 Å². The highest BCUT2D eigenvalue weighted by molar-refractivity contribution is 6.30. The summed E-state index contributed by atoms with van der Waals surface area (Å²) in [6.45, 7) is 4.27. The molecule has 0 saturated heterocycles. The SMILES string of the molecule is CCC1(CC)C[C@H](NC(=O)/C=C/c2ccc(Cl)cc2)c2ccccc2O1. The molecule has 1 N–H and O–H groups in total. The second kappa shape index (κ2) is 7.96. The first-order valence-electron chi connectivity index (χ1n) is 9.07. The Morgan fingerprint density at radius 2 is 1.88 bits per heavy atom. The molecule has 1 atom stereocenters. The Kier molecular flexibility index (Phi) is 5.67. The molecule has 3 nitrogen and oxygen atoms in total. The van der Waals surface area contributed by atoms with Gasteiger partial charge in [-0.15, -0.1) is 0 Å². The van der Waals surface area contributed by atoms with Crippen LogP contribution in [0.15, 0.2) is 54.6 Å². The molecule has 2 aromatic rings. The molecular formula is C22H24ClNO2. The lowest BCUT2D eigenvalue weighted by Crippen LogP contribution is -2.44. The number of amides is 1. The lowest BCUT2D eigenvalue weighted by Gasteiger charge is -2.41. The Hall–Kier alpha value is -2.26. The number of benzene rings is 2. The van der Waals surface area contributed by atoms with Crippen LogP contribution in [0.3, 0.4) is 0 Å². The molecule has 0 aliphatic carbocycles. The summed E-state index contributed by atoms with van der Waals surface area (Å²) < 4.78 is 6.29. The van der Waals surface area contributed by atoms with Crippen molar-refractivity contribution in [3.63, 3.8) is 0 Å². The molecule has 0 unspecified atom stereocenters. The molecule has 0 fully saturated rings. The maximum Gasteiger partial charge on any atom is 0.244 e. The average molecular weight is 370 g/mol. The zero-order valence-corrected chi connectivity index (χ0v) is 15.9. The summed E-state index contributed by atoms with van der Waals surface area (Å²) in [6, 6.07) is 15.3. The van der Waals surface area contributed by atoms with Crippen LogP contribution in [-0.2, 0) is 4.79 Å². The highest BCUT2D eigenvalue weighted by atomic mass is 35.5. The van der Waals surface area contributed by atoms with E-state index in [1.807, 2.05) is 48.5 Å². The van der Waals surface area contributed by atoms with Gasteiger partial charge in [-0.25, -0.2) is 0 Å². The highest BCUT2D eigenvalue weighted by Gasteiger charge is 2.38. The zero-order chi connectivity index (χ0) is 18.6. The van der Waals surface area contributed by atoms with E-state index in [9.17, 15) is 4.79 Å². The van der Waals surface area contributed by atoms with E-state index >= 15 is 0 Å². The molecular weight excluding hydrogens is 346 g/mol. The van der Waals surface area contributed by atoms with Crippen LogP contribution in [0.25, 0.3) is 6.08 Å². The number of carbonyl (C=O) groups is 1. The van der Waals surface area contributed by atoms with Gasteiger partial charge in [-0.2, -0.15) is 0 Å². The predicted octanol–water partition coefficient (Wildman–Crippen LogP) is 5.55. The molecule has 0 bridgehead atoms. The van der Waals surface area contributed by atoms with Gasteiger partial charge in [0.05, 0.1) is 6.04 Å². The second-order valence-electron chi connectivity index (χ2n) is 6.68. The van der Waals surface area contributed by atoms with E-state index in [1.165, 1.54) is 0 Å². The van der Waals surface area contributed by atoms with Crippen molar-refractivity contribution < 1.29 is 9.53 Å². The minimum absolute atomic E-state index is 0.0535. The number of hydrogen-bond acceptors (Lipinski definition) is 2. The first-order chi connectivity index (χ1) is 12.5. The third-order valence-electron chi connectivity index (χ3n) is 5.10. The lowest BCUT2D eigenvalue weighted by atomic mass is 9.83.